The Balaban J connectivity index is 2.03. The molecule has 3 rings (SSSR count). The van der Waals surface area contributed by atoms with Crippen molar-refractivity contribution in [1.29, 1.82) is 0 Å². The molecule has 0 aliphatic carbocycles. The molecular weight excluding hydrogens is 348 g/mol. The average molecular weight is 377 g/mol. The van der Waals surface area contributed by atoms with E-state index >= 15 is 0 Å². The second-order valence-electron chi connectivity index (χ2n) is 7.58. The molecule has 1 aliphatic rings. The number of nitrogens with zero attached hydrogens (tertiary/aromatic N) is 3. The molecule has 26 heavy (non-hydrogen) atoms. The second-order valence-corrected chi connectivity index (χ2v) is 8.78. The first-order valence-electron chi connectivity index (χ1n) is 9.32. The average Bonchev–Trinajstić information content (AvgIpc) is 2.87. The summed E-state index contributed by atoms with van der Waals surface area (Å²) < 4.78 is 1.93. The van der Waals surface area contributed by atoms with E-state index in [-0.39, 0.29) is 23.4 Å². The molecule has 0 spiro atoms. The van der Waals surface area contributed by atoms with Gasteiger partial charge in [-0.05, 0) is 38.8 Å². The van der Waals surface area contributed by atoms with Gasteiger partial charge in [-0.15, -0.1) is 11.3 Å². The molecule has 1 aliphatic heterocycles. The molecule has 1 fully saturated rings. The van der Waals surface area contributed by atoms with E-state index in [1.54, 1.807) is 11.3 Å². The van der Waals surface area contributed by atoms with Crippen LogP contribution >= 0.6 is 11.3 Å². The molecule has 3 heterocycles. The lowest BCUT2D eigenvalue weighted by atomic mass is 10.0. The normalized spacial score (nSPS) is 18.7. The lowest BCUT2D eigenvalue weighted by Gasteiger charge is -2.34. The van der Waals surface area contributed by atoms with Crippen LogP contribution in [0.4, 0.5) is 0 Å². The van der Waals surface area contributed by atoms with Crippen molar-refractivity contribution in [2.45, 2.75) is 58.9 Å². The molecule has 2 aromatic heterocycles. The minimum Gasteiger partial charge on any atom is -0.370 e. The van der Waals surface area contributed by atoms with Crippen LogP contribution in [0.2, 0.25) is 0 Å². The van der Waals surface area contributed by atoms with Gasteiger partial charge in [0.1, 0.15) is 10.7 Å². The Morgan fingerprint density at radius 2 is 2.12 bits per heavy atom. The molecule has 1 saturated heterocycles. The molecule has 142 valence electrons. The fraction of sp³-hybridized carbons (Fsp3) is 0.632. The standard InChI is InChI=1S/C19H28N4O2S/c1-11(2)17-21-18-16(12(3)13(4)26-18)19(25)23(17)14-6-5-8-22(10-14)9-7-15(20)24/h11,14H,5-10H2,1-4H3,(H2,20,24). The first-order valence-corrected chi connectivity index (χ1v) is 10.1. The summed E-state index contributed by atoms with van der Waals surface area (Å²) in [5, 5.41) is 0.770. The zero-order valence-corrected chi connectivity index (χ0v) is 16.9. The van der Waals surface area contributed by atoms with Crippen molar-refractivity contribution in [3.05, 3.63) is 26.6 Å². The molecule has 1 unspecified atom stereocenters. The van der Waals surface area contributed by atoms with Gasteiger partial charge in [-0.3, -0.25) is 14.2 Å². The number of thiophene rings is 1. The van der Waals surface area contributed by atoms with E-state index in [2.05, 4.69) is 18.7 Å². The number of hydrogen-bond donors (Lipinski definition) is 1. The van der Waals surface area contributed by atoms with Crippen molar-refractivity contribution in [2.75, 3.05) is 19.6 Å². The topological polar surface area (TPSA) is 81.2 Å². The second kappa shape index (κ2) is 7.48. The summed E-state index contributed by atoms with van der Waals surface area (Å²) in [4.78, 5) is 33.6. The van der Waals surface area contributed by atoms with Crippen LogP contribution in [0, 0.1) is 13.8 Å². The largest absolute Gasteiger partial charge is 0.370 e. The number of fused-ring (bicyclic) bond motifs is 1. The summed E-state index contributed by atoms with van der Waals surface area (Å²) in [5.74, 6) is 0.765. The van der Waals surface area contributed by atoms with Crippen molar-refractivity contribution in [2.24, 2.45) is 5.73 Å². The lowest BCUT2D eigenvalue weighted by Crippen LogP contribution is -2.42. The van der Waals surface area contributed by atoms with Gasteiger partial charge in [0, 0.05) is 30.3 Å². The van der Waals surface area contributed by atoms with Crippen LogP contribution in [-0.4, -0.2) is 40.0 Å². The Hall–Kier alpha value is -1.73. The highest BCUT2D eigenvalue weighted by Crippen LogP contribution is 2.30. The van der Waals surface area contributed by atoms with Gasteiger partial charge in [-0.25, -0.2) is 4.98 Å². The highest BCUT2D eigenvalue weighted by molar-refractivity contribution is 7.18. The number of carbonyl (C=O) groups is 1. The van der Waals surface area contributed by atoms with E-state index in [0.717, 1.165) is 52.4 Å². The van der Waals surface area contributed by atoms with Gasteiger partial charge >= 0.3 is 0 Å². The fourth-order valence-electron chi connectivity index (χ4n) is 3.80. The van der Waals surface area contributed by atoms with Crippen molar-refractivity contribution in [1.82, 2.24) is 14.5 Å². The third-order valence-corrected chi connectivity index (χ3v) is 6.40. The molecule has 0 bridgehead atoms. The molecular formula is C19H28N4O2S. The predicted molar refractivity (Wildman–Crippen MR) is 106 cm³/mol. The Bertz CT molecular complexity index is 884. The van der Waals surface area contributed by atoms with Crippen molar-refractivity contribution in [3.8, 4) is 0 Å². The maximum atomic E-state index is 13.4. The minimum atomic E-state index is -0.278. The van der Waals surface area contributed by atoms with Crippen LogP contribution in [0.3, 0.4) is 0 Å². The van der Waals surface area contributed by atoms with E-state index in [1.165, 1.54) is 0 Å². The van der Waals surface area contributed by atoms with E-state index in [9.17, 15) is 9.59 Å². The molecule has 1 amide bonds. The van der Waals surface area contributed by atoms with Gasteiger partial charge in [0.25, 0.3) is 5.56 Å². The highest BCUT2D eigenvalue weighted by atomic mass is 32.1. The van der Waals surface area contributed by atoms with Crippen molar-refractivity contribution in [3.63, 3.8) is 0 Å². The number of aryl methyl sites for hydroxylation is 2. The Labute approximate surface area is 158 Å². The van der Waals surface area contributed by atoms with Gasteiger partial charge in [-0.1, -0.05) is 13.8 Å². The van der Waals surface area contributed by atoms with E-state index in [4.69, 9.17) is 10.7 Å². The quantitative estimate of drug-likeness (QED) is 0.870. The van der Waals surface area contributed by atoms with E-state index in [0.29, 0.717) is 13.0 Å². The molecule has 7 heteroatoms. The zero-order chi connectivity index (χ0) is 19.0. The van der Waals surface area contributed by atoms with Crippen LogP contribution in [0.15, 0.2) is 4.79 Å². The number of hydrogen-bond acceptors (Lipinski definition) is 5. The van der Waals surface area contributed by atoms with Gasteiger partial charge in [0.2, 0.25) is 5.91 Å². The number of nitrogens with two attached hydrogens (primary N) is 1. The SMILES string of the molecule is Cc1sc2nc(C(C)C)n(C3CCCN(CCC(N)=O)C3)c(=O)c2c1C. The zero-order valence-electron chi connectivity index (χ0n) is 16.0. The Morgan fingerprint density at radius 3 is 2.77 bits per heavy atom. The van der Waals surface area contributed by atoms with E-state index < -0.39 is 0 Å². The number of likely N-dealkylation sites (tertiary alicyclic amines) is 1. The van der Waals surface area contributed by atoms with Crippen LogP contribution in [0.25, 0.3) is 10.2 Å². The summed E-state index contributed by atoms with van der Waals surface area (Å²) >= 11 is 1.61. The molecule has 6 nitrogen and oxygen atoms in total. The summed E-state index contributed by atoms with van der Waals surface area (Å²) in [6.45, 7) is 10.6. The lowest BCUT2D eigenvalue weighted by molar-refractivity contribution is -0.118. The molecule has 2 aromatic rings. The fourth-order valence-corrected chi connectivity index (χ4v) is 4.82. The van der Waals surface area contributed by atoms with Crippen LogP contribution in [-0.2, 0) is 4.79 Å². The third kappa shape index (κ3) is 3.55. The maximum Gasteiger partial charge on any atom is 0.262 e. The molecule has 0 radical (unpaired) electrons. The van der Waals surface area contributed by atoms with Gasteiger partial charge in [-0.2, -0.15) is 0 Å². The first kappa shape index (κ1) is 19.0. The number of amides is 1. The molecule has 2 N–H and O–H groups in total. The van der Waals surface area contributed by atoms with E-state index in [1.807, 2.05) is 18.4 Å². The first-order chi connectivity index (χ1) is 12.3. The predicted octanol–water partition coefficient (Wildman–Crippen LogP) is 2.71. The number of piperidine rings is 1. The van der Waals surface area contributed by atoms with Crippen molar-refractivity contribution < 1.29 is 4.79 Å². The monoisotopic (exact) mass is 376 g/mol. The number of aromatic nitrogens is 2. The van der Waals surface area contributed by atoms with Gasteiger partial charge in [0.15, 0.2) is 0 Å². The van der Waals surface area contributed by atoms with Gasteiger partial charge < -0.3 is 10.6 Å². The summed E-state index contributed by atoms with van der Waals surface area (Å²) in [5.41, 5.74) is 6.43. The smallest absolute Gasteiger partial charge is 0.262 e. The number of rotatable bonds is 5. The van der Waals surface area contributed by atoms with Crippen LogP contribution < -0.4 is 11.3 Å². The molecule has 1 atom stereocenters. The number of primary amides is 1. The molecule has 0 aromatic carbocycles. The summed E-state index contributed by atoms with van der Waals surface area (Å²) in [6.07, 6.45) is 2.33. The summed E-state index contributed by atoms with van der Waals surface area (Å²) in [7, 11) is 0. The van der Waals surface area contributed by atoms with Crippen LogP contribution in [0.1, 0.15) is 61.3 Å². The van der Waals surface area contributed by atoms with Gasteiger partial charge in [0.05, 0.1) is 11.4 Å². The molecule has 0 saturated carbocycles. The maximum absolute atomic E-state index is 13.4. The Morgan fingerprint density at radius 1 is 1.38 bits per heavy atom. The number of carbonyl (C=O) groups excluding carboxylic acids is 1. The minimum absolute atomic E-state index is 0.0855. The Kier molecular flexibility index (Phi) is 5.48. The van der Waals surface area contributed by atoms with Crippen molar-refractivity contribution >= 4 is 27.5 Å². The third-order valence-electron chi connectivity index (χ3n) is 5.30. The summed E-state index contributed by atoms with van der Waals surface area (Å²) in [6, 6.07) is 0.0954. The highest BCUT2D eigenvalue weighted by Gasteiger charge is 2.27. The van der Waals surface area contributed by atoms with Crippen LogP contribution in [0.5, 0.6) is 0 Å².